The minimum absolute atomic E-state index is 0.0299. The topological polar surface area (TPSA) is 177 Å². The Hall–Kier alpha value is -4.67. The number of nitrogens with two attached hydrogens (primary N) is 1. The third-order valence-corrected chi connectivity index (χ3v) is 8.22. The number of hydrogen-bond acceptors (Lipinski definition) is 13. The lowest BCUT2D eigenvalue weighted by molar-refractivity contribution is -0.153. The molecule has 1 amide bonds. The molecule has 0 bridgehead atoms. The smallest absolute Gasteiger partial charge is 0.416 e. The summed E-state index contributed by atoms with van der Waals surface area (Å²) in [6.07, 6.45) is 3.70. The first-order valence-electron chi connectivity index (χ1n) is 15.2. The summed E-state index contributed by atoms with van der Waals surface area (Å²) in [6, 6.07) is 2.71. The van der Waals surface area contributed by atoms with Gasteiger partial charge < -0.3 is 35.1 Å². The minimum atomic E-state index is -0.839. The summed E-state index contributed by atoms with van der Waals surface area (Å²) < 4.78 is 31.5. The summed E-state index contributed by atoms with van der Waals surface area (Å²) >= 11 is 0. The number of fused-ring (bicyclic) bond motifs is 3. The molecule has 3 aromatic heterocycles. The first-order valence-corrected chi connectivity index (χ1v) is 15.2. The number of rotatable bonds is 8. The number of carbonyl (C=O) groups excluding carboxylic acids is 2. The van der Waals surface area contributed by atoms with Gasteiger partial charge in [0.2, 0.25) is 6.79 Å². The van der Waals surface area contributed by atoms with Crippen molar-refractivity contribution in [3.8, 4) is 11.8 Å². The molecule has 2 unspecified atom stereocenters. The van der Waals surface area contributed by atoms with Crippen LogP contribution in [0.1, 0.15) is 25.6 Å². The maximum absolute atomic E-state index is 15.2. The largest absolute Gasteiger partial charge is 0.427 e. The number of ether oxygens (including phenoxy) is 3. The molecule has 0 aliphatic carbocycles. The fourth-order valence-electron chi connectivity index (χ4n) is 5.83. The van der Waals surface area contributed by atoms with Crippen LogP contribution in [0.2, 0.25) is 0 Å². The highest BCUT2D eigenvalue weighted by molar-refractivity contribution is 6.16. The van der Waals surface area contributed by atoms with Crippen molar-refractivity contribution < 1.29 is 28.2 Å². The average Bonchev–Trinajstić information content (AvgIpc) is 3.39. The second-order valence-electron chi connectivity index (χ2n) is 11.6. The van der Waals surface area contributed by atoms with Crippen molar-refractivity contribution >= 4 is 45.5 Å². The molecule has 16 heteroatoms. The molecule has 0 spiro atoms. The van der Waals surface area contributed by atoms with E-state index in [0.717, 1.165) is 43.9 Å². The molecule has 2 saturated heterocycles. The Morgan fingerprint density at radius 1 is 1.13 bits per heavy atom. The van der Waals surface area contributed by atoms with Crippen LogP contribution in [0.4, 0.5) is 20.7 Å². The van der Waals surface area contributed by atoms with Gasteiger partial charge >= 0.3 is 18.1 Å². The minimum Gasteiger partial charge on any atom is -0.427 e. The molecular formula is C30H37FN10O5. The van der Waals surface area contributed by atoms with E-state index in [1.807, 2.05) is 4.90 Å². The number of H-pyrrole nitrogens is 1. The lowest BCUT2D eigenvalue weighted by Crippen LogP contribution is -2.46. The van der Waals surface area contributed by atoms with Crippen LogP contribution in [0.25, 0.3) is 21.9 Å². The van der Waals surface area contributed by atoms with Gasteiger partial charge in [0.25, 0.3) is 0 Å². The van der Waals surface area contributed by atoms with Gasteiger partial charge in [0.1, 0.15) is 23.1 Å². The number of aromatic nitrogens is 5. The van der Waals surface area contributed by atoms with Crippen LogP contribution in [0.5, 0.6) is 11.8 Å². The first-order chi connectivity index (χ1) is 22.2. The molecule has 2 atom stereocenters. The molecule has 244 valence electrons. The van der Waals surface area contributed by atoms with Crippen molar-refractivity contribution in [3.05, 3.63) is 36.2 Å². The highest BCUT2D eigenvalue weighted by Crippen LogP contribution is 2.39. The summed E-state index contributed by atoms with van der Waals surface area (Å²) in [5.74, 6) is 0.391. The maximum atomic E-state index is 15.2. The van der Waals surface area contributed by atoms with E-state index in [0.29, 0.717) is 45.9 Å². The Bertz CT molecular complexity index is 1730. The van der Waals surface area contributed by atoms with Crippen molar-refractivity contribution in [1.82, 2.24) is 35.1 Å². The van der Waals surface area contributed by atoms with Gasteiger partial charge in [0.05, 0.1) is 35.5 Å². The van der Waals surface area contributed by atoms with Gasteiger partial charge in [-0.15, -0.1) is 0 Å². The van der Waals surface area contributed by atoms with Crippen LogP contribution in [-0.2, 0) is 14.3 Å². The highest BCUT2D eigenvalue weighted by atomic mass is 19.1. The number of nitrogens with one attached hydrogen (secondary N) is 2. The van der Waals surface area contributed by atoms with Gasteiger partial charge in [-0.1, -0.05) is 0 Å². The molecule has 4 N–H and O–H groups in total. The number of esters is 1. The number of hydrogen-bond donors (Lipinski definition) is 3. The van der Waals surface area contributed by atoms with Gasteiger partial charge in [-0.25, -0.2) is 19.2 Å². The Balaban J connectivity index is 1.30. The highest BCUT2D eigenvalue weighted by Gasteiger charge is 2.29. The molecule has 46 heavy (non-hydrogen) atoms. The van der Waals surface area contributed by atoms with E-state index >= 15 is 4.39 Å². The number of halogens is 1. The van der Waals surface area contributed by atoms with Crippen LogP contribution in [0.3, 0.4) is 0 Å². The summed E-state index contributed by atoms with van der Waals surface area (Å²) in [5.41, 5.74) is 7.25. The average molecular weight is 637 g/mol. The molecule has 2 aliphatic rings. The van der Waals surface area contributed by atoms with Gasteiger partial charge in [0, 0.05) is 57.2 Å². The maximum Gasteiger partial charge on any atom is 0.416 e. The Morgan fingerprint density at radius 2 is 1.89 bits per heavy atom. The van der Waals surface area contributed by atoms with E-state index in [-0.39, 0.29) is 30.3 Å². The van der Waals surface area contributed by atoms with E-state index in [1.165, 1.54) is 31.6 Å². The number of aromatic amines is 1. The van der Waals surface area contributed by atoms with Gasteiger partial charge in [-0.2, -0.15) is 9.97 Å². The van der Waals surface area contributed by atoms with Gasteiger partial charge in [-0.05, 0) is 38.8 Å². The zero-order valence-corrected chi connectivity index (χ0v) is 26.0. The van der Waals surface area contributed by atoms with Crippen LogP contribution in [-0.4, -0.2) is 107 Å². The van der Waals surface area contributed by atoms with Crippen molar-refractivity contribution in [1.29, 1.82) is 0 Å². The Kier molecular flexibility index (Phi) is 9.10. The SMILES string of the molecule is Cc1ncc(Oc2nc(N3CCC(N)CC3C)c3c(n2)[nH]c2c(N(C)C(=O)OCOC(=O)CN4CCNCC4)cc(F)cc23)cn1. The fourth-order valence-corrected chi connectivity index (χ4v) is 5.83. The monoisotopic (exact) mass is 636 g/mol. The molecule has 0 saturated carbocycles. The quantitative estimate of drug-likeness (QED) is 0.190. The third-order valence-electron chi connectivity index (χ3n) is 8.22. The summed E-state index contributed by atoms with van der Waals surface area (Å²) in [4.78, 5) is 51.4. The number of piperidine rings is 1. The molecule has 2 fully saturated rings. The van der Waals surface area contributed by atoms with Crippen molar-refractivity contribution in [2.45, 2.75) is 38.8 Å². The van der Waals surface area contributed by atoms with E-state index in [2.05, 4.69) is 37.1 Å². The standard InChI is InChI=1S/C30H37FN10O5/c1-17-10-20(32)4-7-41(17)28-25-22-11-19(31)12-23(39(3)30(43)45-16-44-24(42)15-40-8-5-33-6-9-40)26(22)36-27(25)37-29(38-28)46-21-13-34-18(2)35-14-21/h11-14,17,20,33H,4-10,15-16,32H2,1-3H3,(H,36,37,38). The van der Waals surface area contributed by atoms with E-state index in [4.69, 9.17) is 24.9 Å². The zero-order chi connectivity index (χ0) is 32.4. The zero-order valence-electron chi connectivity index (χ0n) is 26.0. The van der Waals surface area contributed by atoms with Crippen molar-refractivity contribution in [2.24, 2.45) is 5.73 Å². The molecular weight excluding hydrogens is 599 g/mol. The molecule has 2 aliphatic heterocycles. The lowest BCUT2D eigenvalue weighted by atomic mass is 9.98. The van der Waals surface area contributed by atoms with E-state index < -0.39 is 24.7 Å². The number of amides is 1. The Morgan fingerprint density at radius 3 is 2.63 bits per heavy atom. The summed E-state index contributed by atoms with van der Waals surface area (Å²) in [6.45, 7) is 6.99. The molecule has 15 nitrogen and oxygen atoms in total. The number of benzene rings is 1. The number of piperazine rings is 1. The lowest BCUT2D eigenvalue weighted by Gasteiger charge is -2.37. The number of aryl methyl sites for hydroxylation is 1. The first kappa shape index (κ1) is 31.3. The summed E-state index contributed by atoms with van der Waals surface area (Å²) in [7, 11) is 1.44. The summed E-state index contributed by atoms with van der Waals surface area (Å²) in [5, 5.41) is 4.24. The van der Waals surface area contributed by atoms with Gasteiger partial charge in [-0.3, -0.25) is 14.6 Å². The Labute approximate surface area is 264 Å². The molecule has 0 radical (unpaired) electrons. The van der Waals surface area contributed by atoms with E-state index in [9.17, 15) is 9.59 Å². The predicted octanol–water partition coefficient (Wildman–Crippen LogP) is 2.44. The normalized spacial score (nSPS) is 18.9. The number of anilines is 2. The number of nitrogens with zero attached hydrogens (tertiary/aromatic N) is 7. The fraction of sp³-hybridized carbons (Fsp3) is 0.467. The second kappa shape index (κ2) is 13.4. The van der Waals surface area contributed by atoms with Crippen LogP contribution < -0.4 is 25.6 Å². The molecule has 5 heterocycles. The molecule has 1 aromatic carbocycles. The molecule has 4 aromatic rings. The van der Waals surface area contributed by atoms with Crippen molar-refractivity contribution in [2.75, 3.05) is 62.9 Å². The van der Waals surface area contributed by atoms with Crippen molar-refractivity contribution in [3.63, 3.8) is 0 Å². The van der Waals surface area contributed by atoms with Crippen LogP contribution in [0.15, 0.2) is 24.5 Å². The predicted molar refractivity (Wildman–Crippen MR) is 167 cm³/mol. The van der Waals surface area contributed by atoms with Crippen LogP contribution in [0, 0.1) is 12.7 Å². The third kappa shape index (κ3) is 6.78. The van der Waals surface area contributed by atoms with Crippen LogP contribution >= 0.6 is 0 Å². The second-order valence-corrected chi connectivity index (χ2v) is 11.6. The number of carbonyl (C=O) groups is 2. The molecule has 6 rings (SSSR count). The van der Waals surface area contributed by atoms with Gasteiger partial charge in [0.15, 0.2) is 5.75 Å². The van der Waals surface area contributed by atoms with E-state index in [1.54, 1.807) is 6.92 Å².